The molecule has 1 amide bonds. The molecule has 1 atom stereocenters. The van der Waals surface area contributed by atoms with Gasteiger partial charge in [0.1, 0.15) is 0 Å². The molecule has 1 fully saturated rings. The van der Waals surface area contributed by atoms with Gasteiger partial charge in [0.05, 0.1) is 18.8 Å². The molecule has 1 aliphatic heterocycles. The molecule has 1 aliphatic rings. The first-order valence-corrected chi connectivity index (χ1v) is 8.41. The van der Waals surface area contributed by atoms with Crippen LogP contribution in [0.15, 0.2) is 24.3 Å². The fourth-order valence-electron chi connectivity index (χ4n) is 2.91. The average molecular weight is 332 g/mol. The van der Waals surface area contributed by atoms with Crippen molar-refractivity contribution in [1.29, 1.82) is 0 Å². The van der Waals surface area contributed by atoms with Crippen LogP contribution in [-0.2, 0) is 9.53 Å². The molecule has 0 spiro atoms. The number of rotatable bonds is 6. The number of morpholine rings is 1. The van der Waals surface area contributed by atoms with Crippen LogP contribution in [0.2, 0.25) is 0 Å². The monoisotopic (exact) mass is 332 g/mol. The molecule has 1 saturated heterocycles. The van der Waals surface area contributed by atoms with Crippen LogP contribution < -0.4 is 5.32 Å². The van der Waals surface area contributed by atoms with Gasteiger partial charge in [-0.1, -0.05) is 29.3 Å². The number of carbonyl (C=O) groups is 1. The van der Waals surface area contributed by atoms with E-state index >= 15 is 0 Å². The molecule has 1 heterocycles. The number of benzene rings is 1. The minimum Gasteiger partial charge on any atom is -0.387 e. The average Bonchev–Trinajstić information content (AvgIpc) is 2.51. The largest absolute Gasteiger partial charge is 0.387 e. The number of nitrogens with zero attached hydrogens (tertiary/aromatic N) is 1. The Morgan fingerprint density at radius 3 is 2.54 bits per heavy atom. The Balaban J connectivity index is 1.81. The topological polar surface area (TPSA) is 61.8 Å². The Morgan fingerprint density at radius 2 is 1.92 bits per heavy atom. The van der Waals surface area contributed by atoms with E-state index in [4.69, 9.17) is 4.74 Å². The molecule has 2 N–H and O–H groups in total. The summed E-state index contributed by atoms with van der Waals surface area (Å²) < 4.78 is 5.30. The zero-order valence-electron chi connectivity index (χ0n) is 14.8. The first-order chi connectivity index (χ1) is 11.3. The number of aryl methyl sites for hydroxylation is 2. The maximum absolute atomic E-state index is 12.0. The van der Waals surface area contributed by atoms with Crippen LogP contribution in [-0.4, -0.2) is 60.9 Å². The van der Waals surface area contributed by atoms with E-state index in [1.165, 1.54) is 17.2 Å². The molecule has 5 heteroatoms. The van der Waals surface area contributed by atoms with Crippen molar-refractivity contribution in [1.82, 2.24) is 10.2 Å². The predicted octanol–water partition coefficient (Wildman–Crippen LogP) is 1.52. The summed E-state index contributed by atoms with van der Waals surface area (Å²) in [7, 11) is 0. The van der Waals surface area contributed by atoms with Crippen LogP contribution in [0.1, 0.15) is 23.6 Å². The van der Waals surface area contributed by atoms with Crippen molar-refractivity contribution in [3.8, 4) is 0 Å². The summed E-state index contributed by atoms with van der Waals surface area (Å²) in [5.41, 5.74) is 2.38. The minimum atomic E-state index is -0.958. The summed E-state index contributed by atoms with van der Waals surface area (Å²) in [5.74, 6) is -0.198. The zero-order valence-corrected chi connectivity index (χ0v) is 14.8. The third-order valence-corrected chi connectivity index (χ3v) is 3.98. The highest BCUT2D eigenvalue weighted by molar-refractivity contribution is 5.91. The zero-order chi connectivity index (χ0) is 17.6. The lowest BCUT2D eigenvalue weighted by Gasteiger charge is -2.33. The van der Waals surface area contributed by atoms with Gasteiger partial charge in [-0.25, -0.2) is 0 Å². The lowest BCUT2D eigenvalue weighted by atomic mass is 10.1. The molecule has 0 aliphatic carbocycles. The summed E-state index contributed by atoms with van der Waals surface area (Å²) in [6, 6.07) is 6.16. The van der Waals surface area contributed by atoms with Crippen molar-refractivity contribution in [2.45, 2.75) is 26.4 Å². The Labute approximate surface area is 144 Å². The van der Waals surface area contributed by atoms with Crippen LogP contribution in [0.3, 0.4) is 0 Å². The highest BCUT2D eigenvalue weighted by atomic mass is 16.5. The van der Waals surface area contributed by atoms with E-state index in [1.807, 2.05) is 26.0 Å². The Kier molecular flexibility index (Phi) is 6.54. The Hall–Kier alpha value is -1.69. The van der Waals surface area contributed by atoms with Gasteiger partial charge < -0.3 is 15.2 Å². The summed E-state index contributed by atoms with van der Waals surface area (Å²) >= 11 is 0. The number of carbonyl (C=O) groups excluding carboxylic acids is 1. The molecule has 0 aromatic heterocycles. The van der Waals surface area contributed by atoms with Crippen LogP contribution in [0.5, 0.6) is 0 Å². The second-order valence-electron chi connectivity index (χ2n) is 6.86. The molecule has 0 bridgehead atoms. The normalized spacial score (nSPS) is 18.5. The fourth-order valence-corrected chi connectivity index (χ4v) is 2.91. The fraction of sp³-hybridized carbons (Fsp3) is 0.526. The molecule has 1 aromatic carbocycles. The van der Waals surface area contributed by atoms with Crippen molar-refractivity contribution in [2.75, 3.05) is 39.4 Å². The quantitative estimate of drug-likeness (QED) is 0.776. The molecule has 132 valence electrons. The van der Waals surface area contributed by atoms with Crippen molar-refractivity contribution in [3.05, 3.63) is 41.0 Å². The van der Waals surface area contributed by atoms with E-state index in [-0.39, 0.29) is 12.5 Å². The number of aliphatic hydroxyl groups is 1. The number of amides is 1. The van der Waals surface area contributed by atoms with E-state index in [0.29, 0.717) is 19.8 Å². The van der Waals surface area contributed by atoms with E-state index in [0.717, 1.165) is 18.7 Å². The van der Waals surface area contributed by atoms with Gasteiger partial charge in [0.15, 0.2) is 0 Å². The van der Waals surface area contributed by atoms with E-state index in [9.17, 15) is 9.90 Å². The van der Waals surface area contributed by atoms with Crippen LogP contribution in [0.4, 0.5) is 0 Å². The number of ether oxygens (including phenoxy) is 1. The van der Waals surface area contributed by atoms with Gasteiger partial charge in [-0.05, 0) is 32.4 Å². The van der Waals surface area contributed by atoms with E-state index in [2.05, 4.69) is 16.3 Å². The van der Waals surface area contributed by atoms with Crippen molar-refractivity contribution >= 4 is 12.0 Å². The van der Waals surface area contributed by atoms with Gasteiger partial charge in [0, 0.05) is 32.3 Å². The molecular formula is C19H28N2O3. The first kappa shape index (κ1) is 18.6. The minimum absolute atomic E-state index is 0.198. The standard InChI is InChI=1S/C19H28N2O3/c1-15-10-16(2)12-17(11-15)4-5-18(22)20-13-19(3,23)14-21-6-8-24-9-7-21/h4-5,10-12,23H,6-9,13-14H2,1-3H3,(H,20,22)/b5-4+. The number of β-amino-alcohol motifs (C(OH)–C–C–N with tert-alkyl or cyclic N) is 1. The van der Waals surface area contributed by atoms with Gasteiger partial charge in [-0.3, -0.25) is 9.69 Å². The first-order valence-electron chi connectivity index (χ1n) is 8.41. The summed E-state index contributed by atoms with van der Waals surface area (Å²) in [6.07, 6.45) is 3.31. The Morgan fingerprint density at radius 1 is 1.29 bits per heavy atom. The third kappa shape index (κ3) is 6.43. The van der Waals surface area contributed by atoms with Crippen LogP contribution >= 0.6 is 0 Å². The molecule has 0 radical (unpaired) electrons. The van der Waals surface area contributed by atoms with Gasteiger partial charge in [-0.15, -0.1) is 0 Å². The van der Waals surface area contributed by atoms with Crippen molar-refractivity contribution in [2.24, 2.45) is 0 Å². The lowest BCUT2D eigenvalue weighted by Crippen LogP contribution is -2.51. The third-order valence-electron chi connectivity index (χ3n) is 3.98. The van der Waals surface area contributed by atoms with E-state index < -0.39 is 5.60 Å². The molecule has 1 unspecified atom stereocenters. The smallest absolute Gasteiger partial charge is 0.244 e. The van der Waals surface area contributed by atoms with Gasteiger partial charge in [0.2, 0.25) is 5.91 Å². The molecule has 2 rings (SSSR count). The summed E-state index contributed by atoms with van der Waals surface area (Å²) in [6.45, 7) is 9.59. The number of hydrogen-bond donors (Lipinski definition) is 2. The molecule has 5 nitrogen and oxygen atoms in total. The van der Waals surface area contributed by atoms with Crippen LogP contribution in [0, 0.1) is 13.8 Å². The predicted molar refractivity (Wildman–Crippen MR) is 95.8 cm³/mol. The molecular weight excluding hydrogens is 304 g/mol. The summed E-state index contributed by atoms with van der Waals surface area (Å²) in [4.78, 5) is 14.1. The van der Waals surface area contributed by atoms with Crippen LogP contribution in [0.25, 0.3) is 6.08 Å². The second-order valence-corrected chi connectivity index (χ2v) is 6.86. The van der Waals surface area contributed by atoms with Gasteiger partial charge >= 0.3 is 0 Å². The highest BCUT2D eigenvalue weighted by Gasteiger charge is 2.25. The maximum atomic E-state index is 12.0. The number of hydrogen-bond acceptors (Lipinski definition) is 4. The summed E-state index contributed by atoms with van der Waals surface area (Å²) in [5, 5.41) is 13.2. The van der Waals surface area contributed by atoms with Crippen molar-refractivity contribution < 1.29 is 14.6 Å². The van der Waals surface area contributed by atoms with Gasteiger partial charge in [-0.2, -0.15) is 0 Å². The maximum Gasteiger partial charge on any atom is 0.244 e. The lowest BCUT2D eigenvalue weighted by molar-refractivity contribution is -0.117. The molecule has 0 saturated carbocycles. The Bertz CT molecular complexity index is 570. The molecule has 1 aromatic rings. The van der Waals surface area contributed by atoms with Gasteiger partial charge in [0.25, 0.3) is 0 Å². The number of nitrogens with one attached hydrogen (secondary N) is 1. The molecule has 24 heavy (non-hydrogen) atoms. The highest BCUT2D eigenvalue weighted by Crippen LogP contribution is 2.11. The van der Waals surface area contributed by atoms with Crippen molar-refractivity contribution in [3.63, 3.8) is 0 Å². The van der Waals surface area contributed by atoms with E-state index in [1.54, 1.807) is 13.0 Å². The SMILES string of the molecule is Cc1cc(C)cc(/C=C/C(=O)NCC(C)(O)CN2CCOCC2)c1. The second kappa shape index (κ2) is 8.42.